The van der Waals surface area contributed by atoms with Crippen molar-refractivity contribution >= 4 is 16.9 Å². The molecule has 4 heteroatoms. The third-order valence-electron chi connectivity index (χ3n) is 4.03. The molecule has 0 bridgehead atoms. The molecular formula is C19H19NO3. The molecule has 0 N–H and O–H groups in total. The van der Waals surface area contributed by atoms with Gasteiger partial charge in [0.05, 0.1) is 19.8 Å². The Hall–Kier alpha value is -2.75. The molecule has 0 atom stereocenters. The first-order valence-electron chi connectivity index (χ1n) is 7.43. The summed E-state index contributed by atoms with van der Waals surface area (Å²) in [5, 5.41) is 1.11. The molecule has 0 aliphatic heterocycles. The highest BCUT2D eigenvalue weighted by Gasteiger charge is 2.12. The second-order valence-electron chi connectivity index (χ2n) is 5.51. The molecule has 0 fully saturated rings. The smallest absolute Gasteiger partial charge is 0.338 e. The Morgan fingerprint density at radius 2 is 1.83 bits per heavy atom. The van der Waals surface area contributed by atoms with Crippen molar-refractivity contribution in [2.45, 2.75) is 13.5 Å². The quantitative estimate of drug-likeness (QED) is 0.688. The van der Waals surface area contributed by atoms with Gasteiger partial charge in [0.1, 0.15) is 5.75 Å². The molecule has 0 unspecified atom stereocenters. The van der Waals surface area contributed by atoms with Crippen molar-refractivity contribution in [2.75, 3.05) is 14.2 Å². The van der Waals surface area contributed by atoms with Gasteiger partial charge in [-0.3, -0.25) is 0 Å². The van der Waals surface area contributed by atoms with E-state index in [-0.39, 0.29) is 5.97 Å². The van der Waals surface area contributed by atoms with Gasteiger partial charge in [0.15, 0.2) is 0 Å². The fourth-order valence-corrected chi connectivity index (χ4v) is 2.75. The molecular weight excluding hydrogens is 290 g/mol. The summed E-state index contributed by atoms with van der Waals surface area (Å²) in [6.45, 7) is 2.66. The molecule has 0 aliphatic carbocycles. The minimum Gasteiger partial charge on any atom is -0.497 e. The van der Waals surface area contributed by atoms with E-state index in [0.717, 1.165) is 28.8 Å². The number of ether oxygens (including phenoxy) is 2. The first-order valence-corrected chi connectivity index (χ1v) is 7.43. The molecule has 0 saturated carbocycles. The number of carbonyl (C=O) groups excluding carboxylic acids is 1. The fourth-order valence-electron chi connectivity index (χ4n) is 2.75. The van der Waals surface area contributed by atoms with E-state index in [1.165, 1.54) is 12.7 Å². The SMILES string of the molecule is COC(=O)c1cc2c(ccn2Cc2ccc(OC)cc2)cc1C. The van der Waals surface area contributed by atoms with Crippen LogP contribution < -0.4 is 4.74 Å². The minimum atomic E-state index is -0.304. The second kappa shape index (κ2) is 6.16. The molecule has 0 amide bonds. The lowest BCUT2D eigenvalue weighted by atomic mass is 10.1. The first kappa shape index (κ1) is 15.2. The number of carbonyl (C=O) groups is 1. The lowest BCUT2D eigenvalue weighted by Crippen LogP contribution is -2.05. The van der Waals surface area contributed by atoms with E-state index < -0.39 is 0 Å². The molecule has 118 valence electrons. The van der Waals surface area contributed by atoms with Crippen LogP contribution in [-0.4, -0.2) is 24.8 Å². The molecule has 23 heavy (non-hydrogen) atoms. The number of esters is 1. The standard InChI is InChI=1S/C19H19NO3/c1-13-10-15-8-9-20(18(15)11-17(13)19(21)23-3)12-14-4-6-16(22-2)7-5-14/h4-11H,12H2,1-3H3. The summed E-state index contributed by atoms with van der Waals surface area (Å²) in [5.41, 5.74) is 3.72. The van der Waals surface area contributed by atoms with Crippen molar-refractivity contribution in [3.63, 3.8) is 0 Å². The van der Waals surface area contributed by atoms with Crippen molar-refractivity contribution in [3.8, 4) is 5.75 Å². The van der Waals surface area contributed by atoms with Crippen LogP contribution in [0.1, 0.15) is 21.5 Å². The van der Waals surface area contributed by atoms with Gasteiger partial charge in [-0.25, -0.2) is 4.79 Å². The molecule has 0 radical (unpaired) electrons. The van der Waals surface area contributed by atoms with E-state index in [4.69, 9.17) is 9.47 Å². The molecule has 1 heterocycles. The Morgan fingerprint density at radius 3 is 2.48 bits per heavy atom. The van der Waals surface area contributed by atoms with Gasteiger partial charge in [0, 0.05) is 18.3 Å². The summed E-state index contributed by atoms with van der Waals surface area (Å²) in [4.78, 5) is 11.9. The number of methoxy groups -OCH3 is 2. The summed E-state index contributed by atoms with van der Waals surface area (Å²) >= 11 is 0. The van der Waals surface area contributed by atoms with Crippen LogP contribution in [0.4, 0.5) is 0 Å². The predicted molar refractivity (Wildman–Crippen MR) is 90.1 cm³/mol. The van der Waals surface area contributed by atoms with Gasteiger partial charge in [0.2, 0.25) is 0 Å². The van der Waals surface area contributed by atoms with Crippen LogP contribution in [0.15, 0.2) is 48.7 Å². The Balaban J connectivity index is 1.98. The van der Waals surface area contributed by atoms with Gasteiger partial charge < -0.3 is 14.0 Å². The summed E-state index contributed by atoms with van der Waals surface area (Å²) in [6.07, 6.45) is 2.04. The number of aryl methyl sites for hydroxylation is 1. The van der Waals surface area contributed by atoms with Crippen LogP contribution >= 0.6 is 0 Å². The van der Waals surface area contributed by atoms with Gasteiger partial charge in [-0.05, 0) is 53.8 Å². The van der Waals surface area contributed by atoms with Gasteiger partial charge in [-0.1, -0.05) is 12.1 Å². The van der Waals surface area contributed by atoms with Crippen molar-refractivity contribution in [3.05, 3.63) is 65.4 Å². The summed E-state index contributed by atoms with van der Waals surface area (Å²) in [5.74, 6) is 0.538. The molecule has 3 aromatic rings. The summed E-state index contributed by atoms with van der Waals surface area (Å²) < 4.78 is 12.2. The Labute approximate surface area is 135 Å². The van der Waals surface area contributed by atoms with Crippen LogP contribution in [-0.2, 0) is 11.3 Å². The number of hydrogen-bond acceptors (Lipinski definition) is 3. The number of nitrogens with zero attached hydrogens (tertiary/aromatic N) is 1. The van der Waals surface area contributed by atoms with Gasteiger partial charge in [-0.15, -0.1) is 0 Å². The number of rotatable bonds is 4. The van der Waals surface area contributed by atoms with E-state index in [2.05, 4.69) is 10.6 Å². The van der Waals surface area contributed by atoms with Crippen molar-refractivity contribution in [1.82, 2.24) is 4.57 Å². The molecule has 0 spiro atoms. The average Bonchev–Trinajstić information content (AvgIpc) is 2.95. The maximum atomic E-state index is 11.9. The topological polar surface area (TPSA) is 40.5 Å². The van der Waals surface area contributed by atoms with Crippen molar-refractivity contribution in [1.29, 1.82) is 0 Å². The van der Waals surface area contributed by atoms with E-state index in [0.29, 0.717) is 5.56 Å². The molecule has 2 aromatic carbocycles. The fraction of sp³-hybridized carbons (Fsp3) is 0.211. The number of fused-ring (bicyclic) bond motifs is 1. The zero-order valence-electron chi connectivity index (χ0n) is 13.5. The van der Waals surface area contributed by atoms with Gasteiger partial charge in [0.25, 0.3) is 0 Å². The normalized spacial score (nSPS) is 10.7. The summed E-state index contributed by atoms with van der Waals surface area (Å²) in [7, 11) is 3.06. The molecule has 0 saturated heterocycles. The van der Waals surface area contributed by atoms with Gasteiger partial charge >= 0.3 is 5.97 Å². The van der Waals surface area contributed by atoms with E-state index in [1.54, 1.807) is 7.11 Å². The molecule has 3 rings (SSSR count). The van der Waals surface area contributed by atoms with E-state index in [9.17, 15) is 4.79 Å². The second-order valence-corrected chi connectivity index (χ2v) is 5.51. The molecule has 4 nitrogen and oxygen atoms in total. The summed E-state index contributed by atoms with van der Waals surface area (Å²) in [6, 6.07) is 14.0. The van der Waals surface area contributed by atoms with Crippen LogP contribution in [0.2, 0.25) is 0 Å². The Bertz CT molecular complexity index is 847. The van der Waals surface area contributed by atoms with Crippen LogP contribution in [0.25, 0.3) is 10.9 Å². The highest BCUT2D eigenvalue weighted by molar-refractivity contribution is 5.96. The zero-order valence-corrected chi connectivity index (χ0v) is 13.5. The van der Waals surface area contributed by atoms with Crippen LogP contribution in [0.3, 0.4) is 0 Å². The highest BCUT2D eigenvalue weighted by atomic mass is 16.5. The molecule has 1 aromatic heterocycles. The van der Waals surface area contributed by atoms with Crippen LogP contribution in [0.5, 0.6) is 5.75 Å². The average molecular weight is 309 g/mol. The zero-order chi connectivity index (χ0) is 16.4. The number of hydrogen-bond donors (Lipinski definition) is 0. The van der Waals surface area contributed by atoms with E-state index >= 15 is 0 Å². The van der Waals surface area contributed by atoms with Crippen LogP contribution in [0, 0.1) is 6.92 Å². The van der Waals surface area contributed by atoms with Crippen molar-refractivity contribution < 1.29 is 14.3 Å². The number of benzene rings is 2. The van der Waals surface area contributed by atoms with E-state index in [1.807, 2.05) is 49.5 Å². The van der Waals surface area contributed by atoms with Gasteiger partial charge in [-0.2, -0.15) is 0 Å². The third-order valence-corrected chi connectivity index (χ3v) is 4.03. The maximum Gasteiger partial charge on any atom is 0.338 e. The Morgan fingerprint density at radius 1 is 1.09 bits per heavy atom. The number of aromatic nitrogens is 1. The maximum absolute atomic E-state index is 11.9. The predicted octanol–water partition coefficient (Wildman–Crippen LogP) is 3.79. The Kier molecular flexibility index (Phi) is 4.06. The largest absolute Gasteiger partial charge is 0.497 e. The minimum absolute atomic E-state index is 0.304. The first-order chi connectivity index (χ1) is 11.1. The highest BCUT2D eigenvalue weighted by Crippen LogP contribution is 2.23. The monoisotopic (exact) mass is 309 g/mol. The third kappa shape index (κ3) is 2.93. The lowest BCUT2D eigenvalue weighted by Gasteiger charge is -2.09. The van der Waals surface area contributed by atoms with Crippen molar-refractivity contribution in [2.24, 2.45) is 0 Å². The lowest BCUT2D eigenvalue weighted by molar-refractivity contribution is 0.0600. The molecule has 0 aliphatic rings.